The number of amides is 1. The van der Waals surface area contributed by atoms with Crippen LogP contribution in [0.4, 0.5) is 52.5 Å². The molecular weight excluding hydrogens is 1830 g/mol. The van der Waals surface area contributed by atoms with E-state index in [0.717, 1.165) is 75.9 Å². The average molecular weight is 1930 g/mol. The summed E-state index contributed by atoms with van der Waals surface area (Å²) in [5.41, 5.74) is 10.5. The normalized spacial score (nSPS) is 12.0. The molecule has 15 rings (SSSR count). The van der Waals surface area contributed by atoms with Gasteiger partial charge >= 0.3 is 6.09 Å². The van der Waals surface area contributed by atoms with Crippen LogP contribution in [0, 0.1) is 17.5 Å². The maximum absolute atomic E-state index is 13.7. The van der Waals surface area contributed by atoms with Crippen LogP contribution >= 0.6 is 71.3 Å². The molecule has 1 amide bonds. The van der Waals surface area contributed by atoms with Crippen LogP contribution < -0.4 is 41.2 Å². The number of hydrogen-bond donors (Lipinski definition) is 5. The van der Waals surface area contributed by atoms with Crippen molar-refractivity contribution in [3.05, 3.63) is 304 Å². The first-order valence-corrected chi connectivity index (χ1v) is 43.8. The van der Waals surface area contributed by atoms with Crippen LogP contribution in [0.2, 0.25) is 15.1 Å². The number of anilines is 6. The fraction of sp³-hybridized carbons (Fsp3) is 0.213. The van der Waals surface area contributed by atoms with E-state index in [1.165, 1.54) is 129 Å². The molecule has 0 radical (unpaired) electrons. The van der Waals surface area contributed by atoms with E-state index in [9.17, 15) is 31.2 Å². The number of nitrogens with two attached hydrogens (primary N) is 1. The Balaban J connectivity index is 0.000000222. The van der Waals surface area contributed by atoms with Gasteiger partial charge in [0.05, 0.1) is 72.9 Å². The summed E-state index contributed by atoms with van der Waals surface area (Å²) in [5.74, 6) is 4.78. The Morgan fingerprint density at radius 2 is 0.924 bits per heavy atom. The van der Waals surface area contributed by atoms with Gasteiger partial charge in [-0.3, -0.25) is 9.69 Å². The number of ether oxygens (including phenoxy) is 4. The molecule has 9 aromatic carbocycles. The summed E-state index contributed by atoms with van der Waals surface area (Å²) in [6, 6.07) is 57.4. The molecule has 0 unspecified atom stereocenters. The number of carbonyl (C=O) groups is 2. The lowest BCUT2D eigenvalue weighted by Gasteiger charge is -2.26. The van der Waals surface area contributed by atoms with E-state index in [2.05, 4.69) is 60.9 Å². The highest BCUT2D eigenvalue weighted by atomic mass is 35.5. The minimum Gasteiger partial charge on any atom is -0.487 e. The van der Waals surface area contributed by atoms with E-state index in [1.54, 1.807) is 75.4 Å². The molecule has 0 fully saturated rings. The van der Waals surface area contributed by atoms with Crippen molar-refractivity contribution in [3.63, 3.8) is 0 Å². The molecule has 131 heavy (non-hydrogen) atoms. The molecule has 6 heterocycles. The average Bonchev–Trinajstić information content (AvgIpc) is 1.78. The minimum atomic E-state index is -2.80. The number of halogens is 7. The van der Waals surface area contributed by atoms with Crippen LogP contribution in [0.15, 0.2) is 251 Å². The molecule has 688 valence electrons. The van der Waals surface area contributed by atoms with E-state index in [4.69, 9.17) is 89.6 Å². The molecule has 6 N–H and O–H groups in total. The third-order valence-corrected chi connectivity index (χ3v) is 20.6. The summed E-state index contributed by atoms with van der Waals surface area (Å²) in [5, 5.41) is 15.6. The van der Waals surface area contributed by atoms with E-state index in [0.29, 0.717) is 104 Å². The van der Waals surface area contributed by atoms with Crippen molar-refractivity contribution in [2.75, 3.05) is 73.3 Å². The molecule has 27 nitrogen and oxygen atoms in total. The maximum atomic E-state index is 13.7. The molecule has 0 bridgehead atoms. The number of carbonyl (C=O) groups excluding carboxylic acids is 2. The lowest BCUT2D eigenvalue weighted by molar-refractivity contribution is -0.160. The highest BCUT2D eigenvalue weighted by Gasteiger charge is 2.25. The number of aldehydes is 1. The minimum absolute atomic E-state index is 0. The van der Waals surface area contributed by atoms with Gasteiger partial charge in [0, 0.05) is 111 Å². The zero-order chi connectivity index (χ0) is 95.9. The van der Waals surface area contributed by atoms with Crippen molar-refractivity contribution in [2.24, 2.45) is 5.73 Å². The van der Waals surface area contributed by atoms with Gasteiger partial charge in [-0.05, 0) is 219 Å². The number of sulfone groups is 1. The van der Waals surface area contributed by atoms with Gasteiger partial charge in [0.25, 0.3) is 0 Å². The third kappa shape index (κ3) is 31.3. The fourth-order valence-electron chi connectivity index (χ4n) is 11.7. The fourth-order valence-corrected chi connectivity index (χ4v) is 13.7. The first kappa shape index (κ1) is 93.6. The summed E-state index contributed by atoms with van der Waals surface area (Å²) in [6.07, 6.45) is 5.65. The Labute approximate surface area is 794 Å². The number of rotatable bonds is 35. The standard InChI is InChI=1S/C34H34ClFN4O6S.C29H26ClFN4O4S.C26H17ClFN3O3.C3H9NO2S.2CH4.ClH/c1-34(2,3)45-33(41)40(14-15-47-46-42-4)19-26-10-13-30(44-26)23-8-11-29-27(17-23)32(38-21-37-29)39-25-9-12-31(28(35)18-25)43-20-22-6-5-7-24(36)16-22;1-36-39-40-12-11-32-16-23-7-10-27(38-23)20-5-8-26-24(14-20)29(34-18-33-26)35-22-6-9-28(25(30)15-22)37-17-19-3-2-4-21(31)13-19;27-22-12-19(5-8-25(22)33-14-16-2-1-3-18(28)10-16)31-26-21-11-17(4-7-23(21)29-15-30-26)24-9-6-20(13-32)34-24;1-7(5,6)3-2-4;;;/h5-13,16-18,21H,14-15,19-20H2,1-4H3,(H,37,38,39);2-10,13-15,18,32H,11-12,16-17H2,1H3,(H,33,34,35);1-13,15H,14H2,(H,29,30,31);2-4H2,1H3;2*1H4;1H/i20D2;17D2;14D2;;;;. The van der Waals surface area contributed by atoms with E-state index in [-0.39, 0.29) is 101 Å². The topological polar surface area (TPSA) is 336 Å². The van der Waals surface area contributed by atoms with E-state index < -0.39 is 58.7 Å². The lowest BCUT2D eigenvalue weighted by Crippen LogP contribution is -2.37. The first-order chi connectivity index (χ1) is 64.0. The largest absolute Gasteiger partial charge is 0.487 e. The highest BCUT2D eigenvalue weighted by molar-refractivity contribution is 7.94. The van der Waals surface area contributed by atoms with Crippen LogP contribution in [-0.4, -0.2) is 119 Å². The highest BCUT2D eigenvalue weighted by Crippen LogP contribution is 2.38. The van der Waals surface area contributed by atoms with Crippen LogP contribution in [0.5, 0.6) is 17.2 Å². The molecule has 0 aliphatic carbocycles. The number of nitrogens with zero attached hydrogens (tertiary/aromatic N) is 7. The van der Waals surface area contributed by atoms with Gasteiger partial charge in [0.2, 0.25) is 0 Å². The number of hydrogen-bond acceptors (Lipinski definition) is 28. The summed E-state index contributed by atoms with van der Waals surface area (Å²) >= 11 is 21.6. The second-order valence-corrected chi connectivity index (χ2v) is 33.3. The van der Waals surface area contributed by atoms with E-state index in [1.807, 2.05) is 72.8 Å². The number of furan rings is 3. The van der Waals surface area contributed by atoms with Crippen molar-refractivity contribution in [1.82, 2.24) is 40.1 Å². The van der Waals surface area contributed by atoms with Gasteiger partial charge in [-0.1, -0.05) is 86.1 Å². The molecule has 0 saturated carbocycles. The molecule has 0 aliphatic rings. The Kier molecular flexibility index (Phi) is 36.0. The Bertz CT molecular complexity index is 6730. The van der Waals surface area contributed by atoms with Gasteiger partial charge in [0.15, 0.2) is 12.0 Å². The zero-order valence-electron chi connectivity index (χ0n) is 75.5. The molecule has 15 aromatic rings. The summed E-state index contributed by atoms with van der Waals surface area (Å²) in [6.45, 7) is 0.533. The second kappa shape index (κ2) is 50.4. The molecule has 0 atom stereocenters. The molecule has 0 aliphatic heterocycles. The molecule has 0 saturated heterocycles. The van der Waals surface area contributed by atoms with Crippen LogP contribution in [0.3, 0.4) is 0 Å². The number of fused-ring (bicyclic) bond motifs is 3. The first-order valence-electron chi connectivity index (χ1n) is 41.8. The Morgan fingerprint density at radius 1 is 0.527 bits per heavy atom. The third-order valence-electron chi connectivity index (χ3n) is 17.5. The smallest absolute Gasteiger partial charge is 0.410 e. The summed E-state index contributed by atoms with van der Waals surface area (Å²) in [7, 11) is 0.0756. The maximum Gasteiger partial charge on any atom is 0.410 e. The van der Waals surface area contributed by atoms with Gasteiger partial charge in [-0.2, -0.15) is 8.67 Å². The van der Waals surface area contributed by atoms with Gasteiger partial charge in [-0.25, -0.2) is 66.1 Å². The van der Waals surface area contributed by atoms with Crippen LogP contribution in [0.1, 0.15) is 82.6 Å². The van der Waals surface area contributed by atoms with Crippen LogP contribution in [-0.2, 0) is 65.8 Å². The molecule has 37 heteroatoms. The van der Waals surface area contributed by atoms with Gasteiger partial charge < -0.3 is 59.2 Å². The van der Waals surface area contributed by atoms with Crippen molar-refractivity contribution in [2.45, 2.75) is 74.0 Å². The summed E-state index contributed by atoms with van der Waals surface area (Å²) < 4.78 is 160. The van der Waals surface area contributed by atoms with Crippen molar-refractivity contribution in [1.29, 1.82) is 0 Å². The van der Waals surface area contributed by atoms with Crippen molar-refractivity contribution < 1.29 is 90.0 Å². The molecule has 6 aromatic heterocycles. The van der Waals surface area contributed by atoms with Crippen molar-refractivity contribution in [3.8, 4) is 51.2 Å². The van der Waals surface area contributed by atoms with Gasteiger partial charge in [-0.15, -0.1) is 12.4 Å². The SMILES string of the molecule is C.C.CS(=O)(=O)CCN.Cl.[2H]C([2H])(Oc1ccc(Nc2ncnc3ccc(-c4ccc(C=O)o4)cc23)cc1Cl)c1cccc(F)c1.[2H]C([2H])(Oc1ccc(Nc2ncnc3ccc(-c4ccc(CN(CCSOOC)C(=O)OC(C)(C)C)o4)cc23)cc1Cl)c1cccc(F)c1.[2H]C([2H])(Oc1ccc(Nc2ncnc3ccc(-c4ccc(CNCCSOOC)o4)cc23)cc1Cl)c1cccc(F)c1. The quantitative estimate of drug-likeness (QED) is 0.00810. The van der Waals surface area contributed by atoms with Crippen molar-refractivity contribution >= 4 is 161 Å². The predicted octanol–water partition coefficient (Wildman–Crippen LogP) is 23.8. The molecule has 0 spiro atoms. The monoisotopic (exact) mass is 1930 g/mol. The number of benzene rings is 9. The summed E-state index contributed by atoms with van der Waals surface area (Å²) in [4.78, 5) is 60.8. The second-order valence-electron chi connectivity index (χ2n) is 28.3. The van der Waals surface area contributed by atoms with Crippen LogP contribution in [0.25, 0.3) is 66.7 Å². The number of nitrogens with one attached hydrogen (secondary N) is 4. The number of aromatic nitrogens is 6. The Morgan fingerprint density at radius 3 is 1.29 bits per heavy atom. The Hall–Kier alpha value is -12.1. The molecular formula is C94H95Cl4F3N12O15S3. The predicted molar refractivity (Wildman–Crippen MR) is 512 cm³/mol. The van der Waals surface area contributed by atoms with Gasteiger partial charge in [0.1, 0.15) is 135 Å². The lowest BCUT2D eigenvalue weighted by atomic mass is 10.1. The van der Waals surface area contributed by atoms with E-state index >= 15 is 0 Å². The zero-order valence-corrected chi connectivity index (χ0v) is 75.0.